The predicted octanol–water partition coefficient (Wildman–Crippen LogP) is 0.341. The Morgan fingerprint density at radius 1 is 1.75 bits per heavy atom. The summed E-state index contributed by atoms with van der Waals surface area (Å²) in [6.45, 7) is 2.32. The van der Waals surface area contributed by atoms with Crippen molar-refractivity contribution >= 4 is 5.91 Å². The lowest BCUT2D eigenvalue weighted by atomic mass is 10.4. The molecule has 66 valence electrons. The average molecular weight is 167 g/mol. The maximum absolute atomic E-state index is 11.1. The van der Waals surface area contributed by atoms with Crippen LogP contribution in [0, 0.1) is 11.8 Å². The SMILES string of the molecule is CC#CCCN1C(=O)CCC1O. The van der Waals surface area contributed by atoms with E-state index in [1.807, 2.05) is 0 Å². The smallest absolute Gasteiger partial charge is 0.224 e. The third kappa shape index (κ3) is 1.99. The highest BCUT2D eigenvalue weighted by Gasteiger charge is 2.27. The lowest BCUT2D eigenvalue weighted by Gasteiger charge is -2.18. The van der Waals surface area contributed by atoms with E-state index in [-0.39, 0.29) is 5.91 Å². The molecule has 0 radical (unpaired) electrons. The van der Waals surface area contributed by atoms with E-state index in [0.717, 1.165) is 0 Å². The molecule has 3 heteroatoms. The van der Waals surface area contributed by atoms with Crippen molar-refractivity contribution in [2.45, 2.75) is 32.4 Å². The van der Waals surface area contributed by atoms with Gasteiger partial charge in [-0.3, -0.25) is 4.79 Å². The minimum absolute atomic E-state index is 0.0420. The lowest BCUT2D eigenvalue weighted by Crippen LogP contribution is -2.33. The predicted molar refractivity (Wildman–Crippen MR) is 45.0 cm³/mol. The second kappa shape index (κ2) is 4.13. The van der Waals surface area contributed by atoms with Crippen LogP contribution in [0.3, 0.4) is 0 Å². The van der Waals surface area contributed by atoms with Gasteiger partial charge >= 0.3 is 0 Å². The van der Waals surface area contributed by atoms with E-state index in [1.54, 1.807) is 6.92 Å². The quantitative estimate of drug-likeness (QED) is 0.602. The number of nitrogens with zero attached hydrogens (tertiary/aromatic N) is 1. The van der Waals surface area contributed by atoms with Gasteiger partial charge in [0.15, 0.2) is 0 Å². The minimum Gasteiger partial charge on any atom is -0.374 e. The van der Waals surface area contributed by atoms with Crippen molar-refractivity contribution < 1.29 is 9.90 Å². The number of carbonyl (C=O) groups excluding carboxylic acids is 1. The Labute approximate surface area is 72.4 Å². The molecular formula is C9H13NO2. The Morgan fingerprint density at radius 2 is 2.50 bits per heavy atom. The molecule has 1 atom stereocenters. The largest absolute Gasteiger partial charge is 0.374 e. The van der Waals surface area contributed by atoms with Crippen LogP contribution >= 0.6 is 0 Å². The van der Waals surface area contributed by atoms with Crippen LogP contribution < -0.4 is 0 Å². The van der Waals surface area contributed by atoms with Gasteiger partial charge in [-0.1, -0.05) is 0 Å². The van der Waals surface area contributed by atoms with E-state index >= 15 is 0 Å². The summed E-state index contributed by atoms with van der Waals surface area (Å²) in [5.74, 6) is 5.66. The second-order valence-electron chi connectivity index (χ2n) is 2.78. The summed E-state index contributed by atoms with van der Waals surface area (Å²) in [7, 11) is 0. The fourth-order valence-corrected chi connectivity index (χ4v) is 1.29. The first kappa shape index (κ1) is 9.08. The summed E-state index contributed by atoms with van der Waals surface area (Å²) >= 11 is 0. The molecule has 0 spiro atoms. The normalized spacial score (nSPS) is 22.3. The molecule has 1 unspecified atom stereocenters. The molecule has 0 aliphatic carbocycles. The summed E-state index contributed by atoms with van der Waals surface area (Å²) in [6.07, 6.45) is 1.12. The lowest BCUT2D eigenvalue weighted by molar-refractivity contribution is -0.133. The van der Waals surface area contributed by atoms with E-state index in [9.17, 15) is 9.90 Å². The second-order valence-corrected chi connectivity index (χ2v) is 2.78. The first-order valence-corrected chi connectivity index (χ1v) is 4.13. The summed E-state index contributed by atoms with van der Waals surface area (Å²) in [4.78, 5) is 12.6. The maximum atomic E-state index is 11.1. The molecule has 1 heterocycles. The van der Waals surface area contributed by atoms with Crippen molar-refractivity contribution in [3.63, 3.8) is 0 Å². The Morgan fingerprint density at radius 3 is 3.00 bits per heavy atom. The molecule has 0 aromatic rings. The van der Waals surface area contributed by atoms with Crippen LogP contribution in [0.25, 0.3) is 0 Å². The zero-order valence-electron chi connectivity index (χ0n) is 7.21. The molecule has 12 heavy (non-hydrogen) atoms. The van der Waals surface area contributed by atoms with Crippen molar-refractivity contribution in [3.8, 4) is 11.8 Å². The number of hydrogen-bond acceptors (Lipinski definition) is 2. The minimum atomic E-state index is -0.573. The van der Waals surface area contributed by atoms with Gasteiger partial charge in [0.05, 0.1) is 0 Å². The molecule has 3 nitrogen and oxygen atoms in total. The van der Waals surface area contributed by atoms with Gasteiger partial charge in [0, 0.05) is 25.8 Å². The van der Waals surface area contributed by atoms with Crippen molar-refractivity contribution in [3.05, 3.63) is 0 Å². The van der Waals surface area contributed by atoms with Crippen LogP contribution in [0.15, 0.2) is 0 Å². The highest BCUT2D eigenvalue weighted by Crippen LogP contribution is 2.15. The van der Waals surface area contributed by atoms with Crippen molar-refractivity contribution in [1.82, 2.24) is 4.90 Å². The van der Waals surface area contributed by atoms with Gasteiger partial charge in [-0.2, -0.15) is 0 Å². The van der Waals surface area contributed by atoms with Gasteiger partial charge < -0.3 is 10.0 Å². The number of aliphatic hydroxyl groups is 1. The third-order valence-corrected chi connectivity index (χ3v) is 1.95. The first-order valence-electron chi connectivity index (χ1n) is 4.13. The van der Waals surface area contributed by atoms with Crippen LogP contribution in [0.5, 0.6) is 0 Å². The molecule has 1 aliphatic heterocycles. The molecule has 1 rings (SSSR count). The van der Waals surface area contributed by atoms with Gasteiger partial charge in [0.25, 0.3) is 0 Å². The van der Waals surface area contributed by atoms with Gasteiger partial charge in [-0.05, 0) is 6.92 Å². The number of hydrogen-bond donors (Lipinski definition) is 1. The summed E-state index contributed by atoms with van der Waals surface area (Å²) in [6, 6.07) is 0. The zero-order valence-corrected chi connectivity index (χ0v) is 7.21. The van der Waals surface area contributed by atoms with Gasteiger partial charge in [0.1, 0.15) is 6.23 Å². The van der Waals surface area contributed by atoms with Crippen LogP contribution in [-0.4, -0.2) is 28.7 Å². The maximum Gasteiger partial charge on any atom is 0.224 e. The van der Waals surface area contributed by atoms with Crippen LogP contribution in [0.1, 0.15) is 26.2 Å². The number of aliphatic hydroxyl groups excluding tert-OH is 1. The van der Waals surface area contributed by atoms with Crippen LogP contribution in [-0.2, 0) is 4.79 Å². The van der Waals surface area contributed by atoms with E-state index in [4.69, 9.17) is 0 Å². The Balaban J connectivity index is 2.37. The molecule has 1 saturated heterocycles. The number of rotatable bonds is 2. The Bertz CT molecular complexity index is 226. The molecule has 0 aromatic heterocycles. The molecule has 0 saturated carbocycles. The van der Waals surface area contributed by atoms with E-state index in [2.05, 4.69) is 11.8 Å². The summed E-state index contributed by atoms with van der Waals surface area (Å²) in [5.41, 5.74) is 0. The van der Waals surface area contributed by atoms with E-state index in [1.165, 1.54) is 4.90 Å². The molecule has 0 bridgehead atoms. The fourth-order valence-electron chi connectivity index (χ4n) is 1.29. The molecule has 0 aromatic carbocycles. The topological polar surface area (TPSA) is 40.5 Å². The van der Waals surface area contributed by atoms with Crippen molar-refractivity contribution in [1.29, 1.82) is 0 Å². The average Bonchev–Trinajstić information content (AvgIpc) is 2.35. The molecule has 1 N–H and O–H groups in total. The van der Waals surface area contributed by atoms with Crippen LogP contribution in [0.2, 0.25) is 0 Å². The highest BCUT2D eigenvalue weighted by atomic mass is 16.3. The monoisotopic (exact) mass is 167 g/mol. The molecule has 1 amide bonds. The van der Waals surface area contributed by atoms with Gasteiger partial charge in [0.2, 0.25) is 5.91 Å². The zero-order chi connectivity index (χ0) is 8.97. The number of amides is 1. The third-order valence-electron chi connectivity index (χ3n) is 1.95. The Hall–Kier alpha value is -1.01. The first-order chi connectivity index (χ1) is 5.75. The van der Waals surface area contributed by atoms with E-state index in [0.29, 0.717) is 25.8 Å². The molecule has 1 fully saturated rings. The standard InChI is InChI=1S/C9H13NO2/c1-2-3-4-7-10-8(11)5-6-9(10)12/h8,11H,4-7H2,1H3. The summed E-state index contributed by atoms with van der Waals surface area (Å²) in [5, 5.41) is 9.32. The van der Waals surface area contributed by atoms with Crippen molar-refractivity contribution in [2.24, 2.45) is 0 Å². The van der Waals surface area contributed by atoms with Crippen LogP contribution in [0.4, 0.5) is 0 Å². The highest BCUT2D eigenvalue weighted by molar-refractivity contribution is 5.78. The summed E-state index contributed by atoms with van der Waals surface area (Å²) < 4.78 is 0. The van der Waals surface area contributed by atoms with Gasteiger partial charge in [-0.15, -0.1) is 11.8 Å². The fraction of sp³-hybridized carbons (Fsp3) is 0.667. The van der Waals surface area contributed by atoms with E-state index < -0.39 is 6.23 Å². The molecule has 1 aliphatic rings. The molecular weight excluding hydrogens is 154 g/mol. The van der Waals surface area contributed by atoms with Crippen molar-refractivity contribution in [2.75, 3.05) is 6.54 Å². The number of likely N-dealkylation sites (tertiary alicyclic amines) is 1. The Kier molecular flexibility index (Phi) is 3.12. The van der Waals surface area contributed by atoms with Gasteiger partial charge in [-0.25, -0.2) is 0 Å². The number of carbonyl (C=O) groups is 1.